The SMILES string of the molecule is CC(C)Oc1cnccc1-c1cccc(C(C)(C)NS(=O)(=O)c2cccc(C(F)(F)F)c2)c1. The summed E-state index contributed by atoms with van der Waals surface area (Å²) in [6.45, 7) is 7.10. The highest BCUT2D eigenvalue weighted by Crippen LogP contribution is 2.34. The molecule has 9 heteroatoms. The van der Waals surface area contributed by atoms with Crippen LogP contribution in [-0.4, -0.2) is 19.5 Å². The van der Waals surface area contributed by atoms with Gasteiger partial charge in [0.1, 0.15) is 5.75 Å². The Morgan fingerprint density at radius 3 is 2.30 bits per heavy atom. The Morgan fingerprint density at radius 1 is 0.970 bits per heavy atom. The van der Waals surface area contributed by atoms with Crippen molar-refractivity contribution in [1.82, 2.24) is 9.71 Å². The zero-order valence-electron chi connectivity index (χ0n) is 18.6. The second-order valence-corrected chi connectivity index (χ2v) is 10.1. The van der Waals surface area contributed by atoms with E-state index in [2.05, 4.69) is 9.71 Å². The summed E-state index contributed by atoms with van der Waals surface area (Å²) in [5.41, 5.74) is 0.0622. The summed E-state index contributed by atoms with van der Waals surface area (Å²) in [5, 5.41) is 0. The monoisotopic (exact) mass is 478 g/mol. The van der Waals surface area contributed by atoms with E-state index in [0.29, 0.717) is 17.4 Å². The van der Waals surface area contributed by atoms with Crippen molar-refractivity contribution in [1.29, 1.82) is 0 Å². The van der Waals surface area contributed by atoms with Gasteiger partial charge in [0.15, 0.2) is 0 Å². The lowest BCUT2D eigenvalue weighted by molar-refractivity contribution is -0.137. The van der Waals surface area contributed by atoms with Crippen molar-refractivity contribution in [2.24, 2.45) is 0 Å². The molecule has 0 aliphatic rings. The summed E-state index contributed by atoms with van der Waals surface area (Å²) in [4.78, 5) is 3.65. The maximum absolute atomic E-state index is 13.0. The van der Waals surface area contributed by atoms with Crippen molar-refractivity contribution >= 4 is 10.0 Å². The average molecular weight is 479 g/mol. The molecule has 2 aromatic carbocycles. The molecule has 0 unspecified atom stereocenters. The zero-order valence-corrected chi connectivity index (χ0v) is 19.5. The second kappa shape index (κ2) is 9.15. The Morgan fingerprint density at radius 2 is 1.64 bits per heavy atom. The third-order valence-corrected chi connectivity index (χ3v) is 6.56. The number of pyridine rings is 1. The Hall–Kier alpha value is -2.91. The molecule has 176 valence electrons. The van der Waals surface area contributed by atoms with E-state index in [1.54, 1.807) is 44.4 Å². The van der Waals surface area contributed by atoms with Crippen molar-refractivity contribution in [2.45, 2.75) is 50.4 Å². The van der Waals surface area contributed by atoms with Gasteiger partial charge in [0.05, 0.1) is 28.3 Å². The molecule has 0 fully saturated rings. The highest BCUT2D eigenvalue weighted by atomic mass is 32.2. The van der Waals surface area contributed by atoms with Crippen LogP contribution in [0.5, 0.6) is 5.75 Å². The van der Waals surface area contributed by atoms with E-state index in [-0.39, 0.29) is 6.10 Å². The van der Waals surface area contributed by atoms with Gasteiger partial charge in [0.2, 0.25) is 10.0 Å². The standard InChI is InChI=1S/C24H25F3N2O3S/c1-16(2)32-22-15-28-12-11-21(22)17-7-5-8-18(13-17)23(3,4)29-33(30,31)20-10-6-9-19(14-20)24(25,26)27/h5-16,29H,1-4H3. The molecule has 0 bridgehead atoms. The van der Waals surface area contributed by atoms with Gasteiger partial charge in [-0.1, -0.05) is 24.3 Å². The van der Waals surface area contributed by atoms with E-state index < -0.39 is 32.2 Å². The minimum absolute atomic E-state index is 0.0631. The fourth-order valence-corrected chi connectivity index (χ4v) is 4.78. The number of sulfonamides is 1. The van der Waals surface area contributed by atoms with Gasteiger partial charge in [-0.2, -0.15) is 13.2 Å². The van der Waals surface area contributed by atoms with E-state index in [1.165, 1.54) is 0 Å². The predicted octanol–water partition coefficient (Wildman–Crippen LogP) is 5.77. The van der Waals surface area contributed by atoms with E-state index >= 15 is 0 Å². The molecule has 0 aliphatic carbocycles. The van der Waals surface area contributed by atoms with Gasteiger partial charge in [0.25, 0.3) is 0 Å². The third kappa shape index (κ3) is 5.91. The van der Waals surface area contributed by atoms with Crippen molar-refractivity contribution in [2.75, 3.05) is 0 Å². The van der Waals surface area contributed by atoms with Crippen molar-refractivity contribution < 1.29 is 26.3 Å². The first-order valence-electron chi connectivity index (χ1n) is 10.2. The van der Waals surface area contributed by atoms with Crippen LogP contribution in [0.3, 0.4) is 0 Å². The maximum Gasteiger partial charge on any atom is 0.416 e. The number of nitrogens with zero attached hydrogens (tertiary/aromatic N) is 1. The van der Waals surface area contributed by atoms with Crippen LogP contribution in [0.25, 0.3) is 11.1 Å². The molecular weight excluding hydrogens is 453 g/mol. The van der Waals surface area contributed by atoms with Crippen LogP contribution in [0.2, 0.25) is 0 Å². The van der Waals surface area contributed by atoms with Crippen molar-refractivity contribution in [3.05, 3.63) is 78.1 Å². The smallest absolute Gasteiger partial charge is 0.416 e. The van der Waals surface area contributed by atoms with Crippen LogP contribution in [0.1, 0.15) is 38.8 Å². The van der Waals surface area contributed by atoms with Gasteiger partial charge in [-0.25, -0.2) is 13.1 Å². The molecule has 0 amide bonds. The molecule has 3 rings (SSSR count). The molecule has 0 saturated heterocycles. The molecule has 5 nitrogen and oxygen atoms in total. The van der Waals surface area contributed by atoms with E-state index in [0.717, 1.165) is 29.3 Å². The molecule has 0 aliphatic heterocycles. The van der Waals surface area contributed by atoms with Gasteiger partial charge < -0.3 is 4.74 Å². The first-order valence-corrected chi connectivity index (χ1v) is 11.7. The van der Waals surface area contributed by atoms with E-state index in [4.69, 9.17) is 4.74 Å². The Kier molecular flexibility index (Phi) is 6.85. The van der Waals surface area contributed by atoms with Gasteiger partial charge >= 0.3 is 6.18 Å². The Bertz CT molecular complexity index is 1240. The highest BCUT2D eigenvalue weighted by Gasteiger charge is 2.33. The molecular formula is C24H25F3N2O3S. The number of halogens is 3. The molecule has 0 saturated carbocycles. The summed E-state index contributed by atoms with van der Waals surface area (Å²) in [7, 11) is -4.24. The molecule has 1 heterocycles. The van der Waals surface area contributed by atoms with Crippen LogP contribution < -0.4 is 9.46 Å². The van der Waals surface area contributed by atoms with Crippen molar-refractivity contribution in [3.8, 4) is 16.9 Å². The zero-order chi connectivity index (χ0) is 24.4. The van der Waals surface area contributed by atoms with Gasteiger partial charge in [0, 0.05) is 11.8 Å². The number of ether oxygens (including phenoxy) is 1. The minimum atomic E-state index is -4.64. The lowest BCUT2D eigenvalue weighted by Crippen LogP contribution is -2.41. The fraction of sp³-hybridized carbons (Fsp3) is 0.292. The fourth-order valence-electron chi connectivity index (χ4n) is 3.34. The topological polar surface area (TPSA) is 68.3 Å². The minimum Gasteiger partial charge on any atom is -0.489 e. The quantitative estimate of drug-likeness (QED) is 0.468. The molecule has 33 heavy (non-hydrogen) atoms. The second-order valence-electron chi connectivity index (χ2n) is 8.38. The number of benzene rings is 2. The Labute approximate surface area is 191 Å². The predicted molar refractivity (Wildman–Crippen MR) is 120 cm³/mol. The number of alkyl halides is 3. The first-order chi connectivity index (χ1) is 15.3. The van der Waals surface area contributed by atoms with Gasteiger partial charge in [-0.05, 0) is 69.2 Å². The molecule has 1 aromatic heterocycles. The summed E-state index contributed by atoms with van der Waals surface area (Å²) >= 11 is 0. The van der Waals surface area contributed by atoms with Crippen LogP contribution in [0.4, 0.5) is 13.2 Å². The lowest BCUT2D eigenvalue weighted by Gasteiger charge is -2.27. The average Bonchev–Trinajstić information content (AvgIpc) is 2.73. The van der Waals surface area contributed by atoms with Crippen LogP contribution in [0, 0.1) is 0 Å². The highest BCUT2D eigenvalue weighted by molar-refractivity contribution is 7.89. The molecule has 0 atom stereocenters. The van der Waals surface area contributed by atoms with E-state index in [9.17, 15) is 21.6 Å². The van der Waals surface area contributed by atoms with Gasteiger partial charge in [-0.15, -0.1) is 0 Å². The number of aromatic nitrogens is 1. The molecule has 0 radical (unpaired) electrons. The molecule has 1 N–H and O–H groups in total. The van der Waals surface area contributed by atoms with Crippen LogP contribution >= 0.6 is 0 Å². The number of hydrogen-bond acceptors (Lipinski definition) is 4. The number of hydrogen-bond donors (Lipinski definition) is 1. The Balaban J connectivity index is 1.95. The normalized spacial score (nSPS) is 12.7. The third-order valence-electron chi connectivity index (χ3n) is 4.90. The number of nitrogens with one attached hydrogen (secondary N) is 1. The summed E-state index contributed by atoms with van der Waals surface area (Å²) < 4.78 is 73.4. The van der Waals surface area contributed by atoms with Crippen molar-refractivity contribution in [3.63, 3.8) is 0 Å². The molecule has 3 aromatic rings. The maximum atomic E-state index is 13.0. The summed E-state index contributed by atoms with van der Waals surface area (Å²) in [5.74, 6) is 0.590. The van der Waals surface area contributed by atoms with Crippen LogP contribution in [0.15, 0.2) is 71.9 Å². The van der Waals surface area contributed by atoms with Crippen LogP contribution in [-0.2, 0) is 21.7 Å². The first kappa shape index (κ1) is 24.7. The number of rotatable bonds is 7. The van der Waals surface area contributed by atoms with Gasteiger partial charge in [-0.3, -0.25) is 4.98 Å². The summed E-state index contributed by atoms with van der Waals surface area (Å²) in [6.07, 6.45) is -1.46. The largest absolute Gasteiger partial charge is 0.489 e. The van der Waals surface area contributed by atoms with E-state index in [1.807, 2.05) is 26.0 Å². The summed E-state index contributed by atoms with van der Waals surface area (Å²) in [6, 6.07) is 12.7. The molecule has 0 spiro atoms. The lowest BCUT2D eigenvalue weighted by atomic mass is 9.92.